The second kappa shape index (κ2) is 4.75. The van der Waals surface area contributed by atoms with E-state index < -0.39 is 6.04 Å². The quantitative estimate of drug-likeness (QED) is 0.671. The average Bonchev–Trinajstić information content (AvgIpc) is 2.57. The number of amides is 1. The molecule has 82 valence electrons. The summed E-state index contributed by atoms with van der Waals surface area (Å²) in [6, 6.07) is -0.436. The van der Waals surface area contributed by atoms with E-state index in [0.29, 0.717) is 12.3 Å². The molecule has 4 nitrogen and oxygen atoms in total. The van der Waals surface area contributed by atoms with Crippen molar-refractivity contribution in [3.8, 4) is 0 Å². The molecule has 0 radical (unpaired) electrons. The van der Waals surface area contributed by atoms with E-state index in [2.05, 4.69) is 6.92 Å². The predicted molar refractivity (Wildman–Crippen MR) is 54.6 cm³/mol. The number of hydrogen-bond acceptors (Lipinski definition) is 3. The normalized spacial score (nSPS) is 29.3. The van der Waals surface area contributed by atoms with Gasteiger partial charge in [-0.1, -0.05) is 13.8 Å². The first-order valence-electron chi connectivity index (χ1n) is 5.28. The Balaban J connectivity index is 2.64. The van der Waals surface area contributed by atoms with Crippen molar-refractivity contribution < 1.29 is 9.90 Å². The molecule has 3 unspecified atom stereocenters. The summed E-state index contributed by atoms with van der Waals surface area (Å²) in [7, 11) is 0. The lowest BCUT2D eigenvalue weighted by atomic mass is 10.0. The minimum atomic E-state index is -0.408. The first kappa shape index (κ1) is 11.5. The molecule has 0 bridgehead atoms. The van der Waals surface area contributed by atoms with Gasteiger partial charge >= 0.3 is 0 Å². The molecule has 1 heterocycles. The lowest BCUT2D eigenvalue weighted by Crippen LogP contribution is -2.47. The van der Waals surface area contributed by atoms with E-state index >= 15 is 0 Å². The van der Waals surface area contributed by atoms with E-state index in [1.165, 1.54) is 0 Å². The number of hydrogen-bond donors (Lipinski definition) is 2. The SMILES string of the molecule is CCC(N)C(=O)N1CCC(C)C1CO. The zero-order valence-corrected chi connectivity index (χ0v) is 8.94. The smallest absolute Gasteiger partial charge is 0.239 e. The Morgan fingerprint density at radius 1 is 1.71 bits per heavy atom. The van der Waals surface area contributed by atoms with Crippen molar-refractivity contribution in [1.29, 1.82) is 0 Å². The van der Waals surface area contributed by atoms with E-state index in [-0.39, 0.29) is 18.6 Å². The fourth-order valence-corrected chi connectivity index (χ4v) is 1.95. The van der Waals surface area contributed by atoms with Gasteiger partial charge in [-0.05, 0) is 18.8 Å². The number of carbonyl (C=O) groups is 1. The van der Waals surface area contributed by atoms with Crippen LogP contribution in [0.2, 0.25) is 0 Å². The van der Waals surface area contributed by atoms with Crippen LogP contribution in [-0.4, -0.2) is 41.1 Å². The van der Waals surface area contributed by atoms with Crippen LogP contribution in [0.25, 0.3) is 0 Å². The predicted octanol–water partition coefficient (Wildman–Crippen LogP) is -0.0470. The minimum absolute atomic E-state index is 0.0177. The molecule has 3 atom stereocenters. The van der Waals surface area contributed by atoms with Gasteiger partial charge in [-0.25, -0.2) is 0 Å². The van der Waals surface area contributed by atoms with Crippen LogP contribution < -0.4 is 5.73 Å². The van der Waals surface area contributed by atoms with Crippen molar-refractivity contribution in [3.05, 3.63) is 0 Å². The molecule has 1 fully saturated rings. The van der Waals surface area contributed by atoms with Crippen LogP contribution in [0, 0.1) is 5.92 Å². The lowest BCUT2D eigenvalue weighted by molar-refractivity contribution is -0.134. The first-order valence-corrected chi connectivity index (χ1v) is 5.28. The Bertz CT molecular complexity index is 208. The Hall–Kier alpha value is -0.610. The standard InChI is InChI=1S/C10H20N2O2/c1-3-8(11)10(14)12-5-4-7(2)9(12)6-13/h7-9,13H,3-6,11H2,1-2H3. The first-order chi connectivity index (χ1) is 6.61. The Morgan fingerprint density at radius 3 is 2.86 bits per heavy atom. The van der Waals surface area contributed by atoms with Gasteiger partial charge < -0.3 is 15.7 Å². The van der Waals surface area contributed by atoms with E-state index in [4.69, 9.17) is 5.73 Å². The number of aliphatic hydroxyl groups excluding tert-OH is 1. The molecule has 3 N–H and O–H groups in total. The second-order valence-corrected chi connectivity index (χ2v) is 4.06. The molecule has 0 spiro atoms. The maximum absolute atomic E-state index is 11.8. The zero-order chi connectivity index (χ0) is 10.7. The summed E-state index contributed by atoms with van der Waals surface area (Å²) in [4.78, 5) is 13.5. The highest BCUT2D eigenvalue weighted by molar-refractivity contribution is 5.82. The third-order valence-electron chi connectivity index (χ3n) is 3.11. The van der Waals surface area contributed by atoms with Gasteiger partial charge in [0.2, 0.25) is 5.91 Å². The molecule has 0 aromatic rings. The van der Waals surface area contributed by atoms with Crippen molar-refractivity contribution in [2.75, 3.05) is 13.2 Å². The average molecular weight is 200 g/mol. The highest BCUT2D eigenvalue weighted by atomic mass is 16.3. The summed E-state index contributed by atoms with van der Waals surface area (Å²) in [6.07, 6.45) is 1.62. The van der Waals surface area contributed by atoms with Crippen molar-refractivity contribution in [2.24, 2.45) is 11.7 Å². The van der Waals surface area contributed by atoms with Crippen LogP contribution in [0.3, 0.4) is 0 Å². The van der Waals surface area contributed by atoms with Gasteiger partial charge in [-0.3, -0.25) is 4.79 Å². The maximum Gasteiger partial charge on any atom is 0.239 e. The fraction of sp³-hybridized carbons (Fsp3) is 0.900. The second-order valence-electron chi connectivity index (χ2n) is 4.06. The van der Waals surface area contributed by atoms with E-state index in [1.54, 1.807) is 4.90 Å². The largest absolute Gasteiger partial charge is 0.394 e. The summed E-state index contributed by atoms with van der Waals surface area (Å²) in [6.45, 7) is 4.74. The van der Waals surface area contributed by atoms with Gasteiger partial charge in [0, 0.05) is 6.54 Å². The van der Waals surface area contributed by atoms with Crippen LogP contribution in [0.15, 0.2) is 0 Å². The Labute approximate surface area is 85.1 Å². The van der Waals surface area contributed by atoms with Crippen LogP contribution in [0.1, 0.15) is 26.7 Å². The van der Waals surface area contributed by atoms with Gasteiger partial charge in [-0.15, -0.1) is 0 Å². The van der Waals surface area contributed by atoms with Gasteiger partial charge in [0.05, 0.1) is 18.7 Å². The van der Waals surface area contributed by atoms with Gasteiger partial charge in [-0.2, -0.15) is 0 Å². The van der Waals surface area contributed by atoms with Gasteiger partial charge in [0.25, 0.3) is 0 Å². The zero-order valence-electron chi connectivity index (χ0n) is 8.94. The van der Waals surface area contributed by atoms with Crippen LogP contribution in [-0.2, 0) is 4.79 Å². The maximum atomic E-state index is 11.8. The molecule has 1 aliphatic heterocycles. The number of aliphatic hydroxyl groups is 1. The molecule has 1 aliphatic rings. The lowest BCUT2D eigenvalue weighted by Gasteiger charge is -2.27. The monoisotopic (exact) mass is 200 g/mol. The summed E-state index contributed by atoms with van der Waals surface area (Å²) in [5, 5.41) is 9.18. The third-order valence-corrected chi connectivity index (χ3v) is 3.11. The summed E-state index contributed by atoms with van der Waals surface area (Å²) in [5.41, 5.74) is 5.69. The molecule has 14 heavy (non-hydrogen) atoms. The Morgan fingerprint density at radius 2 is 2.36 bits per heavy atom. The molecule has 1 rings (SSSR count). The highest BCUT2D eigenvalue weighted by Crippen LogP contribution is 2.24. The van der Waals surface area contributed by atoms with Crippen molar-refractivity contribution in [1.82, 2.24) is 4.90 Å². The van der Waals surface area contributed by atoms with Crippen LogP contribution >= 0.6 is 0 Å². The van der Waals surface area contributed by atoms with E-state index in [9.17, 15) is 9.90 Å². The third kappa shape index (κ3) is 2.07. The molecule has 1 saturated heterocycles. The van der Waals surface area contributed by atoms with Crippen LogP contribution in [0.5, 0.6) is 0 Å². The number of nitrogens with two attached hydrogens (primary N) is 1. The molecule has 0 saturated carbocycles. The van der Waals surface area contributed by atoms with Gasteiger partial charge in [0.1, 0.15) is 0 Å². The number of nitrogens with zero attached hydrogens (tertiary/aromatic N) is 1. The Kier molecular flexibility index (Phi) is 3.89. The summed E-state index contributed by atoms with van der Waals surface area (Å²) < 4.78 is 0. The highest BCUT2D eigenvalue weighted by Gasteiger charge is 2.35. The molecular weight excluding hydrogens is 180 g/mol. The molecule has 0 aromatic carbocycles. The van der Waals surface area contributed by atoms with Crippen LogP contribution in [0.4, 0.5) is 0 Å². The van der Waals surface area contributed by atoms with E-state index in [1.807, 2.05) is 6.92 Å². The number of carbonyl (C=O) groups excluding carboxylic acids is 1. The number of likely N-dealkylation sites (tertiary alicyclic amines) is 1. The summed E-state index contributed by atoms with van der Waals surface area (Å²) >= 11 is 0. The van der Waals surface area contributed by atoms with Crippen molar-refractivity contribution in [3.63, 3.8) is 0 Å². The van der Waals surface area contributed by atoms with Crippen molar-refractivity contribution >= 4 is 5.91 Å². The molecule has 1 amide bonds. The topological polar surface area (TPSA) is 66.6 Å². The summed E-state index contributed by atoms with van der Waals surface area (Å²) in [5.74, 6) is 0.365. The number of rotatable bonds is 3. The minimum Gasteiger partial charge on any atom is -0.394 e. The fourth-order valence-electron chi connectivity index (χ4n) is 1.95. The molecule has 0 aliphatic carbocycles. The van der Waals surface area contributed by atoms with E-state index in [0.717, 1.165) is 13.0 Å². The molecule has 0 aromatic heterocycles. The van der Waals surface area contributed by atoms with Gasteiger partial charge in [0.15, 0.2) is 0 Å². The molecule has 4 heteroatoms. The molecular formula is C10H20N2O2. The van der Waals surface area contributed by atoms with Crippen molar-refractivity contribution in [2.45, 2.75) is 38.8 Å².